The number of para-hydroxylation sites is 2. The number of imidazole rings is 1. The lowest BCUT2D eigenvalue weighted by atomic mass is 10.2. The summed E-state index contributed by atoms with van der Waals surface area (Å²) in [6, 6.07) is 12.2. The van der Waals surface area contributed by atoms with Crippen LogP contribution in [0.1, 0.15) is 11.0 Å². The van der Waals surface area contributed by atoms with Crippen molar-refractivity contribution in [1.29, 1.82) is 0 Å². The molecule has 1 atom stereocenters. The smallest absolute Gasteiger partial charge is 0.356 e. The number of nitrogens with one attached hydrogen (secondary N) is 1. The minimum absolute atomic E-state index is 0.463. The van der Waals surface area contributed by atoms with Crippen molar-refractivity contribution >= 4 is 28.3 Å². The molecule has 0 spiro atoms. The monoisotopic (exact) mass is 374 g/mol. The van der Waals surface area contributed by atoms with E-state index < -0.39 is 6.10 Å². The van der Waals surface area contributed by atoms with Crippen LogP contribution in [-0.4, -0.2) is 42.5 Å². The van der Waals surface area contributed by atoms with Crippen LogP contribution >= 0.6 is 11.3 Å². The topological polar surface area (TPSA) is 68.7 Å². The normalized spacial score (nSPS) is 17.0. The van der Waals surface area contributed by atoms with Gasteiger partial charge in [0.25, 0.3) is 0 Å². The summed E-state index contributed by atoms with van der Waals surface area (Å²) in [7, 11) is 0. The van der Waals surface area contributed by atoms with Gasteiger partial charge in [0, 0.05) is 4.88 Å². The second kappa shape index (κ2) is 7.75. The Morgan fingerprint density at radius 3 is 2.81 bits per heavy atom. The Hall–Kier alpha value is -1.93. The Balaban J connectivity index is 1.60. The zero-order valence-corrected chi connectivity index (χ0v) is 15.6. The zero-order chi connectivity index (χ0) is 17.9. The van der Waals surface area contributed by atoms with Gasteiger partial charge >= 0.3 is 5.95 Å². The van der Waals surface area contributed by atoms with Gasteiger partial charge in [-0.1, -0.05) is 18.2 Å². The van der Waals surface area contributed by atoms with Crippen molar-refractivity contribution in [3.63, 3.8) is 0 Å². The zero-order valence-electron chi connectivity index (χ0n) is 14.8. The molecule has 0 unspecified atom stereocenters. The molecule has 138 valence electrons. The second-order valence-corrected chi connectivity index (χ2v) is 7.73. The number of hydrogen-bond donors (Lipinski definition) is 3. The van der Waals surface area contributed by atoms with E-state index in [9.17, 15) is 5.11 Å². The fourth-order valence-corrected chi connectivity index (χ4v) is 4.37. The van der Waals surface area contributed by atoms with Crippen LogP contribution in [0.3, 0.4) is 0 Å². The Bertz CT molecular complexity index is 856. The van der Waals surface area contributed by atoms with E-state index in [4.69, 9.17) is 10.5 Å². The molecule has 0 amide bonds. The molecule has 3 heterocycles. The minimum Gasteiger partial charge on any atom is -0.384 e. The maximum Gasteiger partial charge on any atom is 0.356 e. The number of aliphatic hydroxyl groups is 1. The van der Waals surface area contributed by atoms with Gasteiger partial charge in [0.2, 0.25) is 0 Å². The average molecular weight is 375 g/mol. The van der Waals surface area contributed by atoms with E-state index in [1.807, 2.05) is 34.2 Å². The van der Waals surface area contributed by atoms with Crippen molar-refractivity contribution < 1.29 is 19.3 Å². The third-order valence-electron chi connectivity index (χ3n) is 5.13. The van der Waals surface area contributed by atoms with Crippen LogP contribution in [0, 0.1) is 0 Å². The Labute approximate surface area is 157 Å². The third kappa shape index (κ3) is 3.48. The fraction of sp³-hybridized carbons (Fsp3) is 0.421. The molecular formula is C19H26N4O2S+2. The number of ether oxygens (including phenoxy) is 1. The Morgan fingerprint density at radius 2 is 2.04 bits per heavy atom. The third-order valence-corrected chi connectivity index (χ3v) is 6.11. The first-order valence-corrected chi connectivity index (χ1v) is 10.0. The summed E-state index contributed by atoms with van der Waals surface area (Å²) in [5.74, 6) is 0.703. The maximum atomic E-state index is 10.6. The SMILES string of the molecule is Nc1n(CC[NH+]2CCOCC2)c2ccccc2[n+]1C[C@@H](O)c1cccs1. The van der Waals surface area contributed by atoms with Gasteiger partial charge in [0.1, 0.15) is 49.9 Å². The first-order chi connectivity index (χ1) is 12.7. The molecule has 4 N–H and O–H groups in total. The highest BCUT2D eigenvalue weighted by molar-refractivity contribution is 7.10. The molecule has 0 saturated carbocycles. The van der Waals surface area contributed by atoms with Gasteiger partial charge < -0.3 is 14.7 Å². The summed E-state index contributed by atoms with van der Waals surface area (Å²) in [5, 5.41) is 12.6. The van der Waals surface area contributed by atoms with Crippen LogP contribution in [0.4, 0.5) is 5.95 Å². The summed E-state index contributed by atoms with van der Waals surface area (Å²) >= 11 is 1.57. The van der Waals surface area contributed by atoms with Gasteiger partial charge in [0.15, 0.2) is 0 Å². The molecule has 2 aromatic heterocycles. The first-order valence-electron chi connectivity index (χ1n) is 9.13. The van der Waals surface area contributed by atoms with Crippen molar-refractivity contribution in [2.24, 2.45) is 0 Å². The number of morpholine rings is 1. The fourth-order valence-electron chi connectivity index (χ4n) is 3.66. The molecule has 6 nitrogen and oxygen atoms in total. The van der Waals surface area contributed by atoms with Crippen molar-refractivity contribution in [3.8, 4) is 0 Å². The number of nitrogens with two attached hydrogens (primary N) is 1. The Kier molecular flexibility index (Phi) is 5.21. The molecule has 4 rings (SSSR count). The molecule has 7 heteroatoms. The van der Waals surface area contributed by atoms with Crippen molar-refractivity contribution in [2.75, 3.05) is 38.6 Å². The lowest BCUT2D eigenvalue weighted by molar-refractivity contribution is -0.908. The second-order valence-electron chi connectivity index (χ2n) is 6.75. The molecule has 26 heavy (non-hydrogen) atoms. The number of hydrogen-bond acceptors (Lipinski definition) is 4. The Morgan fingerprint density at radius 1 is 1.23 bits per heavy atom. The molecule has 0 radical (unpaired) electrons. The number of anilines is 1. The van der Waals surface area contributed by atoms with E-state index in [2.05, 4.69) is 16.7 Å². The van der Waals surface area contributed by atoms with Crippen LogP contribution in [0.2, 0.25) is 0 Å². The molecule has 1 saturated heterocycles. The van der Waals surface area contributed by atoms with E-state index in [0.717, 1.165) is 55.3 Å². The predicted octanol–water partition coefficient (Wildman–Crippen LogP) is 0.221. The van der Waals surface area contributed by atoms with Crippen LogP contribution < -0.4 is 15.2 Å². The summed E-state index contributed by atoms with van der Waals surface area (Å²) < 4.78 is 9.66. The van der Waals surface area contributed by atoms with Crippen LogP contribution in [0.25, 0.3) is 11.0 Å². The van der Waals surface area contributed by atoms with Gasteiger partial charge in [-0.2, -0.15) is 0 Å². The van der Waals surface area contributed by atoms with Crippen LogP contribution in [0.5, 0.6) is 0 Å². The van der Waals surface area contributed by atoms with Gasteiger partial charge in [-0.25, -0.2) is 9.13 Å². The van der Waals surface area contributed by atoms with Crippen LogP contribution in [-0.2, 0) is 17.8 Å². The molecule has 1 aliphatic rings. The summed E-state index contributed by atoms with van der Waals surface area (Å²) in [6.45, 7) is 6.13. The number of quaternary nitrogens is 1. The molecule has 1 fully saturated rings. The largest absolute Gasteiger partial charge is 0.384 e. The number of aliphatic hydroxyl groups excluding tert-OH is 1. The summed E-state index contributed by atoms with van der Waals surface area (Å²) in [5.41, 5.74) is 8.71. The highest BCUT2D eigenvalue weighted by Crippen LogP contribution is 2.21. The summed E-state index contributed by atoms with van der Waals surface area (Å²) in [4.78, 5) is 2.52. The van der Waals surface area contributed by atoms with E-state index in [0.29, 0.717) is 12.5 Å². The number of benzene rings is 1. The molecule has 0 bridgehead atoms. The molecule has 1 aromatic carbocycles. The lowest BCUT2D eigenvalue weighted by Crippen LogP contribution is -3.14. The van der Waals surface area contributed by atoms with Gasteiger partial charge in [0.05, 0.1) is 13.2 Å². The first kappa shape index (κ1) is 17.5. The highest BCUT2D eigenvalue weighted by atomic mass is 32.1. The average Bonchev–Trinajstić information content (AvgIpc) is 3.29. The number of nitrogens with zero attached hydrogens (tertiary/aromatic N) is 2. The number of thiophene rings is 1. The number of aromatic nitrogens is 2. The van der Waals surface area contributed by atoms with Crippen molar-refractivity contribution in [3.05, 3.63) is 46.7 Å². The van der Waals surface area contributed by atoms with E-state index >= 15 is 0 Å². The maximum absolute atomic E-state index is 10.6. The predicted molar refractivity (Wildman–Crippen MR) is 102 cm³/mol. The van der Waals surface area contributed by atoms with Crippen molar-refractivity contribution in [1.82, 2.24) is 4.57 Å². The van der Waals surface area contributed by atoms with Crippen molar-refractivity contribution in [2.45, 2.75) is 19.2 Å². The van der Waals surface area contributed by atoms with Crippen LogP contribution in [0.15, 0.2) is 41.8 Å². The standard InChI is InChI=1S/C19H24N4O2S/c20-19-22(8-7-21-9-11-25-12-10-21)15-4-1-2-5-16(15)23(19)14-17(24)18-6-3-13-26-18/h1-6,13,17,20,24H,7-12,14H2/p+2/t17-/m1/s1. The summed E-state index contributed by atoms with van der Waals surface area (Å²) in [6.07, 6.45) is -0.550. The van der Waals surface area contributed by atoms with Gasteiger partial charge in [-0.3, -0.25) is 5.73 Å². The van der Waals surface area contributed by atoms with E-state index in [1.54, 1.807) is 16.2 Å². The highest BCUT2D eigenvalue weighted by Gasteiger charge is 2.25. The number of fused-ring (bicyclic) bond motifs is 1. The molecule has 0 aliphatic carbocycles. The van der Waals surface area contributed by atoms with Gasteiger partial charge in [-0.05, 0) is 23.6 Å². The molecule has 3 aromatic rings. The molecular weight excluding hydrogens is 348 g/mol. The minimum atomic E-state index is -0.550. The van der Waals surface area contributed by atoms with E-state index in [1.165, 1.54) is 0 Å². The molecule has 1 aliphatic heterocycles. The number of rotatable bonds is 6. The quantitative estimate of drug-likeness (QED) is 0.541. The van der Waals surface area contributed by atoms with E-state index in [-0.39, 0.29) is 0 Å². The lowest BCUT2D eigenvalue weighted by Gasteiger charge is -2.23. The number of nitrogen functional groups attached to an aromatic ring is 1. The van der Waals surface area contributed by atoms with Gasteiger partial charge in [-0.15, -0.1) is 11.3 Å².